The minimum atomic E-state index is -4.60. The lowest BCUT2D eigenvalue weighted by Gasteiger charge is -2.17. The van der Waals surface area contributed by atoms with Gasteiger partial charge >= 0.3 is 6.18 Å². The highest BCUT2D eigenvalue weighted by molar-refractivity contribution is 5.36. The molecule has 1 aliphatic rings. The number of fused-ring (bicyclic) bond motifs is 1. The van der Waals surface area contributed by atoms with E-state index in [0.29, 0.717) is 17.4 Å². The Morgan fingerprint density at radius 1 is 1.14 bits per heavy atom. The van der Waals surface area contributed by atoms with E-state index in [1.165, 1.54) is 0 Å². The van der Waals surface area contributed by atoms with Crippen LogP contribution in [0.4, 0.5) is 17.6 Å². The Hall–Kier alpha value is -2.81. The molecule has 3 aromatic rings. The first-order valence-corrected chi connectivity index (χ1v) is 8.83. The number of rotatable bonds is 3. The molecule has 0 unspecified atom stereocenters. The van der Waals surface area contributed by atoms with Gasteiger partial charge in [-0.1, -0.05) is 5.21 Å². The summed E-state index contributed by atoms with van der Waals surface area (Å²) in [5, 5.41) is 8.29. The Kier molecular flexibility index (Phi) is 4.62. The van der Waals surface area contributed by atoms with Crippen LogP contribution >= 0.6 is 0 Å². The number of alkyl halides is 3. The van der Waals surface area contributed by atoms with Gasteiger partial charge in [0.25, 0.3) is 0 Å². The van der Waals surface area contributed by atoms with Crippen LogP contribution in [0.25, 0.3) is 5.82 Å². The second kappa shape index (κ2) is 6.97. The van der Waals surface area contributed by atoms with Crippen LogP contribution in [0.5, 0.6) is 0 Å². The summed E-state index contributed by atoms with van der Waals surface area (Å²) in [6, 6.07) is 5.79. The van der Waals surface area contributed by atoms with E-state index in [4.69, 9.17) is 5.73 Å². The first-order chi connectivity index (χ1) is 13.3. The normalized spacial score (nSPS) is 16.8. The van der Waals surface area contributed by atoms with Gasteiger partial charge in [-0.05, 0) is 67.1 Å². The average molecular weight is 391 g/mol. The van der Waals surface area contributed by atoms with Crippen molar-refractivity contribution in [2.45, 2.75) is 37.9 Å². The van der Waals surface area contributed by atoms with Gasteiger partial charge < -0.3 is 5.73 Å². The molecular formula is C19H17F4N5. The monoisotopic (exact) mass is 391 g/mol. The minimum Gasteiger partial charge on any atom is -0.323 e. The highest BCUT2D eigenvalue weighted by atomic mass is 19.4. The van der Waals surface area contributed by atoms with Gasteiger partial charge in [-0.15, -0.1) is 5.10 Å². The maximum absolute atomic E-state index is 13.6. The molecule has 28 heavy (non-hydrogen) atoms. The Balaban J connectivity index is 1.65. The number of benzene rings is 1. The zero-order valence-corrected chi connectivity index (χ0v) is 14.7. The van der Waals surface area contributed by atoms with Crippen molar-refractivity contribution >= 4 is 0 Å². The van der Waals surface area contributed by atoms with Crippen molar-refractivity contribution in [2.75, 3.05) is 0 Å². The predicted octanol–water partition coefficient (Wildman–Crippen LogP) is 3.75. The van der Waals surface area contributed by atoms with Gasteiger partial charge in [0.1, 0.15) is 11.5 Å². The van der Waals surface area contributed by atoms with Crippen LogP contribution < -0.4 is 5.73 Å². The quantitative estimate of drug-likeness (QED) is 0.691. The van der Waals surface area contributed by atoms with E-state index in [1.54, 1.807) is 23.0 Å². The van der Waals surface area contributed by atoms with E-state index in [0.717, 1.165) is 42.8 Å². The molecule has 9 heteroatoms. The molecule has 0 bridgehead atoms. The van der Waals surface area contributed by atoms with Gasteiger partial charge in [-0.2, -0.15) is 17.9 Å². The maximum Gasteiger partial charge on any atom is 0.416 e. The van der Waals surface area contributed by atoms with Gasteiger partial charge in [0.15, 0.2) is 5.82 Å². The topological polar surface area (TPSA) is 69.6 Å². The SMILES string of the molecule is N[C@@H]1CCCc2c1nnn2-c1cc(Cc2cc(F)cc(C(F)(F)F)c2)ccn1. The van der Waals surface area contributed by atoms with Crippen molar-refractivity contribution in [2.24, 2.45) is 5.73 Å². The average Bonchev–Trinajstić information content (AvgIpc) is 3.06. The van der Waals surface area contributed by atoms with Crippen LogP contribution in [-0.4, -0.2) is 20.0 Å². The second-order valence-corrected chi connectivity index (χ2v) is 6.88. The third-order valence-electron chi connectivity index (χ3n) is 4.79. The van der Waals surface area contributed by atoms with Crippen LogP contribution in [-0.2, 0) is 19.0 Å². The van der Waals surface area contributed by atoms with E-state index in [-0.39, 0.29) is 18.0 Å². The number of nitrogens with two attached hydrogens (primary N) is 1. The van der Waals surface area contributed by atoms with E-state index >= 15 is 0 Å². The van der Waals surface area contributed by atoms with Crippen LogP contribution in [0.2, 0.25) is 0 Å². The molecule has 2 N–H and O–H groups in total. The molecule has 0 fully saturated rings. The second-order valence-electron chi connectivity index (χ2n) is 6.88. The Morgan fingerprint density at radius 2 is 1.96 bits per heavy atom. The van der Waals surface area contributed by atoms with E-state index in [9.17, 15) is 17.6 Å². The smallest absolute Gasteiger partial charge is 0.323 e. The van der Waals surface area contributed by atoms with E-state index in [2.05, 4.69) is 15.3 Å². The molecule has 1 atom stereocenters. The van der Waals surface area contributed by atoms with Crippen molar-refractivity contribution in [3.63, 3.8) is 0 Å². The van der Waals surface area contributed by atoms with E-state index in [1.807, 2.05) is 0 Å². The standard InChI is InChI=1S/C19H17F4N5/c20-14-8-12(7-13(10-14)19(21,22)23)6-11-4-5-25-17(9-11)28-16-3-1-2-15(24)18(16)26-27-28/h4-5,7-10,15H,1-3,6,24H2/t15-/m1/s1. The number of pyridine rings is 1. The number of aromatic nitrogens is 4. The highest BCUT2D eigenvalue weighted by Crippen LogP contribution is 2.31. The van der Waals surface area contributed by atoms with Crippen molar-refractivity contribution < 1.29 is 17.6 Å². The zero-order valence-electron chi connectivity index (χ0n) is 14.7. The number of hydrogen-bond donors (Lipinski definition) is 1. The number of halogens is 4. The van der Waals surface area contributed by atoms with Gasteiger partial charge in [-0.25, -0.2) is 9.37 Å². The fraction of sp³-hybridized carbons (Fsp3) is 0.316. The van der Waals surface area contributed by atoms with Gasteiger partial charge in [0.2, 0.25) is 0 Å². The number of hydrogen-bond acceptors (Lipinski definition) is 4. The zero-order chi connectivity index (χ0) is 19.9. The predicted molar refractivity (Wildman–Crippen MR) is 93.2 cm³/mol. The van der Waals surface area contributed by atoms with E-state index < -0.39 is 17.6 Å². The molecular weight excluding hydrogens is 374 g/mol. The van der Waals surface area contributed by atoms with Crippen LogP contribution in [0.15, 0.2) is 36.5 Å². The Bertz CT molecular complexity index is 1010. The molecule has 4 rings (SSSR count). The summed E-state index contributed by atoms with van der Waals surface area (Å²) in [4.78, 5) is 4.30. The van der Waals surface area contributed by atoms with Crippen molar-refractivity contribution in [3.8, 4) is 5.82 Å². The fourth-order valence-electron chi connectivity index (χ4n) is 3.48. The van der Waals surface area contributed by atoms with Crippen LogP contribution in [0.3, 0.4) is 0 Å². The molecule has 0 radical (unpaired) electrons. The molecule has 1 aromatic carbocycles. The lowest BCUT2D eigenvalue weighted by molar-refractivity contribution is -0.137. The molecule has 2 heterocycles. The summed E-state index contributed by atoms with van der Waals surface area (Å²) in [6.07, 6.45) is -0.372. The minimum absolute atomic E-state index is 0.132. The fourth-order valence-corrected chi connectivity index (χ4v) is 3.48. The highest BCUT2D eigenvalue weighted by Gasteiger charge is 2.31. The number of nitrogens with zero attached hydrogens (tertiary/aromatic N) is 4. The first kappa shape index (κ1) is 18.5. The molecule has 0 saturated carbocycles. The van der Waals surface area contributed by atoms with Gasteiger partial charge in [-0.3, -0.25) is 0 Å². The largest absolute Gasteiger partial charge is 0.416 e. The third-order valence-corrected chi connectivity index (χ3v) is 4.79. The van der Waals surface area contributed by atoms with Crippen molar-refractivity contribution in [3.05, 3.63) is 70.4 Å². The van der Waals surface area contributed by atoms with Crippen molar-refractivity contribution in [1.82, 2.24) is 20.0 Å². The molecule has 0 amide bonds. The Morgan fingerprint density at radius 3 is 2.75 bits per heavy atom. The lowest BCUT2D eigenvalue weighted by atomic mass is 9.97. The van der Waals surface area contributed by atoms with Crippen LogP contribution in [0, 0.1) is 5.82 Å². The molecule has 2 aromatic heterocycles. The molecule has 0 aliphatic heterocycles. The first-order valence-electron chi connectivity index (χ1n) is 8.83. The summed E-state index contributed by atoms with van der Waals surface area (Å²) >= 11 is 0. The molecule has 5 nitrogen and oxygen atoms in total. The summed E-state index contributed by atoms with van der Waals surface area (Å²) in [6.45, 7) is 0. The van der Waals surface area contributed by atoms with Gasteiger partial charge in [0, 0.05) is 6.20 Å². The maximum atomic E-state index is 13.6. The summed E-state index contributed by atoms with van der Waals surface area (Å²) in [5.74, 6) is -0.411. The summed E-state index contributed by atoms with van der Waals surface area (Å²) in [7, 11) is 0. The van der Waals surface area contributed by atoms with Gasteiger partial charge in [0.05, 0.1) is 17.3 Å². The molecule has 0 spiro atoms. The van der Waals surface area contributed by atoms with Crippen molar-refractivity contribution in [1.29, 1.82) is 0 Å². The summed E-state index contributed by atoms with van der Waals surface area (Å²) < 4.78 is 54.0. The Labute approximate surface area is 158 Å². The van der Waals surface area contributed by atoms with Crippen LogP contribution in [0.1, 0.15) is 47.0 Å². The molecule has 1 aliphatic carbocycles. The lowest BCUT2D eigenvalue weighted by Crippen LogP contribution is -2.18. The third kappa shape index (κ3) is 3.62. The molecule has 0 saturated heterocycles. The molecule has 146 valence electrons. The summed E-state index contributed by atoms with van der Waals surface area (Å²) in [5.41, 5.74) is 7.63.